The number of benzene rings is 2. The molecule has 0 aromatic heterocycles. The van der Waals surface area contributed by atoms with E-state index in [0.29, 0.717) is 6.54 Å². The first-order chi connectivity index (χ1) is 9.17. The highest BCUT2D eigenvalue weighted by Crippen LogP contribution is 2.31. The highest BCUT2D eigenvalue weighted by atomic mass is 32.2. The van der Waals surface area contributed by atoms with Gasteiger partial charge in [-0.05, 0) is 17.2 Å². The van der Waals surface area contributed by atoms with Gasteiger partial charge in [-0.2, -0.15) is 0 Å². The van der Waals surface area contributed by atoms with E-state index in [1.54, 1.807) is 0 Å². The van der Waals surface area contributed by atoms with E-state index in [0.717, 1.165) is 16.8 Å². The van der Waals surface area contributed by atoms with Crippen LogP contribution in [0.4, 0.5) is 5.69 Å². The lowest BCUT2D eigenvalue weighted by Gasteiger charge is -2.19. The molecule has 0 saturated carbocycles. The first-order valence-electron chi connectivity index (χ1n) is 6.05. The van der Waals surface area contributed by atoms with E-state index in [-0.39, 0.29) is 5.75 Å². The number of nitrogens with one attached hydrogen (secondary N) is 1. The Morgan fingerprint density at radius 2 is 1.68 bits per heavy atom. The van der Waals surface area contributed by atoms with Crippen LogP contribution in [0.15, 0.2) is 54.6 Å². The smallest absolute Gasteiger partial charge is 0.215 e. The SMILES string of the molecule is O=S1(=O)Cc2ccccc2N1NCc1ccccc1. The molecule has 0 unspecified atom stereocenters. The van der Waals surface area contributed by atoms with Gasteiger partial charge in [-0.15, -0.1) is 0 Å². The van der Waals surface area contributed by atoms with Gasteiger partial charge < -0.3 is 0 Å². The van der Waals surface area contributed by atoms with Crippen molar-refractivity contribution in [3.63, 3.8) is 0 Å². The van der Waals surface area contributed by atoms with Crippen LogP contribution in [0, 0.1) is 0 Å². The molecule has 5 heteroatoms. The van der Waals surface area contributed by atoms with Gasteiger partial charge in [0, 0.05) is 6.54 Å². The normalized spacial score (nSPS) is 16.3. The zero-order chi connectivity index (χ0) is 13.3. The van der Waals surface area contributed by atoms with E-state index in [9.17, 15) is 8.42 Å². The van der Waals surface area contributed by atoms with Crippen molar-refractivity contribution >= 4 is 15.7 Å². The van der Waals surface area contributed by atoms with Crippen LogP contribution in [-0.2, 0) is 22.3 Å². The third-order valence-electron chi connectivity index (χ3n) is 3.10. The molecule has 0 fully saturated rings. The molecule has 4 nitrogen and oxygen atoms in total. The molecule has 1 aliphatic rings. The molecule has 1 heterocycles. The first kappa shape index (κ1) is 12.2. The highest BCUT2D eigenvalue weighted by molar-refractivity contribution is 7.92. The summed E-state index contributed by atoms with van der Waals surface area (Å²) in [6.45, 7) is 0.481. The molecular weight excluding hydrogens is 260 g/mol. The number of nitrogens with zero attached hydrogens (tertiary/aromatic N) is 1. The summed E-state index contributed by atoms with van der Waals surface area (Å²) in [6.07, 6.45) is 0. The van der Waals surface area contributed by atoms with Crippen LogP contribution >= 0.6 is 0 Å². The maximum atomic E-state index is 12.1. The summed E-state index contributed by atoms with van der Waals surface area (Å²) in [6, 6.07) is 17.1. The van der Waals surface area contributed by atoms with E-state index in [1.807, 2.05) is 54.6 Å². The molecule has 19 heavy (non-hydrogen) atoms. The van der Waals surface area contributed by atoms with Crippen molar-refractivity contribution in [2.24, 2.45) is 0 Å². The van der Waals surface area contributed by atoms with Gasteiger partial charge in [0.2, 0.25) is 0 Å². The molecule has 1 aliphatic heterocycles. The van der Waals surface area contributed by atoms with Gasteiger partial charge in [-0.25, -0.2) is 18.3 Å². The number of fused-ring (bicyclic) bond motifs is 1. The number of hydrogen-bond acceptors (Lipinski definition) is 3. The van der Waals surface area contributed by atoms with Crippen LogP contribution in [0.1, 0.15) is 11.1 Å². The number of para-hydroxylation sites is 1. The Morgan fingerprint density at radius 1 is 1.00 bits per heavy atom. The molecule has 1 N–H and O–H groups in total. The fourth-order valence-corrected chi connectivity index (χ4v) is 3.69. The van der Waals surface area contributed by atoms with Crippen molar-refractivity contribution in [3.05, 3.63) is 65.7 Å². The Morgan fingerprint density at radius 3 is 2.47 bits per heavy atom. The number of anilines is 1. The van der Waals surface area contributed by atoms with Gasteiger partial charge in [0.1, 0.15) is 0 Å². The molecule has 2 aromatic carbocycles. The molecule has 0 aliphatic carbocycles. The lowest BCUT2D eigenvalue weighted by molar-refractivity contribution is 0.581. The van der Waals surface area contributed by atoms with Crippen LogP contribution in [0.5, 0.6) is 0 Å². The maximum absolute atomic E-state index is 12.1. The van der Waals surface area contributed by atoms with Crippen LogP contribution < -0.4 is 9.84 Å². The second kappa shape index (κ2) is 4.68. The minimum absolute atomic E-state index is 0.0605. The van der Waals surface area contributed by atoms with Crippen LogP contribution in [0.25, 0.3) is 0 Å². The summed E-state index contributed by atoms with van der Waals surface area (Å²) in [5, 5.41) is 0. The van der Waals surface area contributed by atoms with Crippen molar-refractivity contribution in [1.29, 1.82) is 0 Å². The minimum atomic E-state index is -3.29. The Labute approximate surface area is 112 Å². The molecule has 0 atom stereocenters. The molecule has 0 bridgehead atoms. The quantitative estimate of drug-likeness (QED) is 0.932. The monoisotopic (exact) mass is 274 g/mol. The van der Waals surface area contributed by atoms with Crippen molar-refractivity contribution in [2.75, 3.05) is 4.41 Å². The van der Waals surface area contributed by atoms with E-state index in [4.69, 9.17) is 0 Å². The predicted octanol–water partition coefficient (Wildman–Crippen LogP) is 2.04. The Kier molecular flexibility index (Phi) is 3.00. The zero-order valence-electron chi connectivity index (χ0n) is 10.3. The summed E-state index contributed by atoms with van der Waals surface area (Å²) in [5.41, 5.74) is 5.59. The number of hydrazine groups is 1. The third kappa shape index (κ3) is 2.34. The molecule has 0 spiro atoms. The number of rotatable bonds is 3. The largest absolute Gasteiger partial charge is 0.252 e. The molecule has 3 rings (SSSR count). The van der Waals surface area contributed by atoms with Crippen LogP contribution in [0.3, 0.4) is 0 Å². The maximum Gasteiger partial charge on any atom is 0.252 e. The lowest BCUT2D eigenvalue weighted by atomic mass is 10.2. The van der Waals surface area contributed by atoms with E-state index in [2.05, 4.69) is 5.43 Å². The second-order valence-electron chi connectivity index (χ2n) is 4.47. The van der Waals surface area contributed by atoms with E-state index in [1.165, 1.54) is 4.41 Å². The average Bonchev–Trinajstić information content (AvgIpc) is 2.67. The molecular formula is C14H14N2O2S. The fraction of sp³-hybridized carbons (Fsp3) is 0.143. The van der Waals surface area contributed by atoms with E-state index >= 15 is 0 Å². The molecule has 0 saturated heterocycles. The fourth-order valence-electron chi connectivity index (χ4n) is 2.18. The zero-order valence-corrected chi connectivity index (χ0v) is 11.1. The van der Waals surface area contributed by atoms with Crippen molar-refractivity contribution in [3.8, 4) is 0 Å². The van der Waals surface area contributed by atoms with Gasteiger partial charge in [-0.3, -0.25) is 0 Å². The van der Waals surface area contributed by atoms with Gasteiger partial charge in [0.05, 0.1) is 11.4 Å². The van der Waals surface area contributed by atoms with Gasteiger partial charge >= 0.3 is 0 Å². The third-order valence-corrected chi connectivity index (χ3v) is 4.65. The van der Waals surface area contributed by atoms with Crippen LogP contribution in [0.2, 0.25) is 0 Å². The second-order valence-corrected chi connectivity index (χ2v) is 6.29. The Balaban J connectivity index is 1.84. The summed E-state index contributed by atoms with van der Waals surface area (Å²) in [5.74, 6) is 0.0605. The Hall–Kier alpha value is -1.85. The average molecular weight is 274 g/mol. The van der Waals surface area contributed by atoms with Crippen molar-refractivity contribution in [1.82, 2.24) is 5.43 Å². The highest BCUT2D eigenvalue weighted by Gasteiger charge is 2.32. The molecule has 2 aromatic rings. The van der Waals surface area contributed by atoms with Crippen molar-refractivity contribution < 1.29 is 8.42 Å². The summed E-state index contributed by atoms with van der Waals surface area (Å²) in [4.78, 5) is 0. The first-order valence-corrected chi connectivity index (χ1v) is 7.66. The standard InChI is InChI=1S/C14H14N2O2S/c17-19(18)11-13-8-4-5-9-14(13)16(19)15-10-12-6-2-1-3-7-12/h1-9,15H,10-11H2. The van der Waals surface area contributed by atoms with Gasteiger partial charge in [-0.1, -0.05) is 48.5 Å². The Bertz CT molecular complexity index is 684. The number of hydrogen-bond donors (Lipinski definition) is 1. The number of sulfonamides is 1. The lowest BCUT2D eigenvalue weighted by Crippen LogP contribution is -2.39. The van der Waals surface area contributed by atoms with Gasteiger partial charge in [0.25, 0.3) is 10.0 Å². The summed E-state index contributed by atoms with van der Waals surface area (Å²) >= 11 is 0. The molecule has 98 valence electrons. The molecule has 0 amide bonds. The van der Waals surface area contributed by atoms with E-state index < -0.39 is 10.0 Å². The predicted molar refractivity (Wildman–Crippen MR) is 74.8 cm³/mol. The molecule has 0 radical (unpaired) electrons. The summed E-state index contributed by atoms with van der Waals surface area (Å²) < 4.78 is 25.5. The minimum Gasteiger partial charge on any atom is -0.215 e. The van der Waals surface area contributed by atoms with Crippen molar-refractivity contribution in [2.45, 2.75) is 12.3 Å². The van der Waals surface area contributed by atoms with Gasteiger partial charge in [0.15, 0.2) is 0 Å². The van der Waals surface area contributed by atoms with Crippen LogP contribution in [-0.4, -0.2) is 8.42 Å². The summed E-state index contributed by atoms with van der Waals surface area (Å²) in [7, 11) is -3.29. The topological polar surface area (TPSA) is 49.4 Å².